The van der Waals surface area contributed by atoms with Gasteiger partial charge in [0, 0.05) is 30.4 Å². The lowest BCUT2D eigenvalue weighted by Gasteiger charge is -2.17. The summed E-state index contributed by atoms with van der Waals surface area (Å²) >= 11 is 0. The monoisotopic (exact) mass is 324 g/mol. The average Bonchev–Trinajstić information content (AvgIpc) is 2.98. The SMILES string of the molecule is COc1cccc(NC(=O)C2CC(=O)N(c3ccc(C)cc3)C2)c1. The van der Waals surface area contributed by atoms with Crippen molar-refractivity contribution < 1.29 is 14.3 Å². The third kappa shape index (κ3) is 3.40. The number of rotatable bonds is 4. The average molecular weight is 324 g/mol. The summed E-state index contributed by atoms with van der Waals surface area (Å²) in [4.78, 5) is 26.4. The summed E-state index contributed by atoms with van der Waals surface area (Å²) < 4.78 is 5.15. The molecule has 0 bridgehead atoms. The fraction of sp³-hybridized carbons (Fsp3) is 0.263. The van der Waals surface area contributed by atoms with Gasteiger partial charge >= 0.3 is 0 Å². The van der Waals surface area contributed by atoms with E-state index in [0.717, 1.165) is 11.3 Å². The molecule has 2 amide bonds. The van der Waals surface area contributed by atoms with Crippen LogP contribution in [0.4, 0.5) is 11.4 Å². The molecule has 0 radical (unpaired) electrons. The number of amides is 2. The van der Waals surface area contributed by atoms with Crippen molar-refractivity contribution in [1.29, 1.82) is 0 Å². The van der Waals surface area contributed by atoms with Gasteiger partial charge in [-0.2, -0.15) is 0 Å². The fourth-order valence-electron chi connectivity index (χ4n) is 2.80. The van der Waals surface area contributed by atoms with Crippen LogP contribution in [-0.2, 0) is 9.59 Å². The van der Waals surface area contributed by atoms with Gasteiger partial charge in [-0.1, -0.05) is 23.8 Å². The highest BCUT2D eigenvalue weighted by atomic mass is 16.5. The number of methoxy groups -OCH3 is 1. The largest absolute Gasteiger partial charge is 0.497 e. The Balaban J connectivity index is 1.68. The number of anilines is 2. The third-order valence-electron chi connectivity index (χ3n) is 4.18. The molecule has 0 aliphatic carbocycles. The van der Waals surface area contributed by atoms with Crippen LogP contribution in [0, 0.1) is 12.8 Å². The number of carbonyl (C=O) groups excluding carboxylic acids is 2. The highest BCUT2D eigenvalue weighted by Gasteiger charge is 2.35. The quantitative estimate of drug-likeness (QED) is 0.940. The second-order valence-electron chi connectivity index (χ2n) is 5.96. The van der Waals surface area contributed by atoms with Crippen LogP contribution < -0.4 is 15.0 Å². The van der Waals surface area contributed by atoms with Crippen molar-refractivity contribution in [1.82, 2.24) is 0 Å². The molecule has 0 saturated carbocycles. The Bertz CT molecular complexity index is 755. The van der Waals surface area contributed by atoms with Crippen molar-refractivity contribution in [3.05, 3.63) is 54.1 Å². The van der Waals surface area contributed by atoms with E-state index in [9.17, 15) is 9.59 Å². The summed E-state index contributed by atoms with van der Waals surface area (Å²) in [6, 6.07) is 14.9. The summed E-state index contributed by atoms with van der Waals surface area (Å²) in [5.41, 5.74) is 2.64. The van der Waals surface area contributed by atoms with Gasteiger partial charge in [-0.05, 0) is 31.2 Å². The van der Waals surface area contributed by atoms with Gasteiger partial charge in [0.2, 0.25) is 11.8 Å². The molecule has 1 N–H and O–H groups in total. The number of carbonyl (C=O) groups is 2. The van der Waals surface area contributed by atoms with Gasteiger partial charge < -0.3 is 15.0 Å². The number of hydrogen-bond donors (Lipinski definition) is 1. The number of nitrogens with zero attached hydrogens (tertiary/aromatic N) is 1. The molecule has 0 aromatic heterocycles. The van der Waals surface area contributed by atoms with Crippen molar-refractivity contribution in [2.45, 2.75) is 13.3 Å². The van der Waals surface area contributed by atoms with Gasteiger partial charge in [-0.25, -0.2) is 0 Å². The second-order valence-corrected chi connectivity index (χ2v) is 5.96. The van der Waals surface area contributed by atoms with E-state index in [1.807, 2.05) is 43.3 Å². The van der Waals surface area contributed by atoms with Crippen LogP contribution in [0.2, 0.25) is 0 Å². The molecule has 1 heterocycles. The van der Waals surface area contributed by atoms with Gasteiger partial charge in [0.05, 0.1) is 13.0 Å². The van der Waals surface area contributed by atoms with Crippen LogP contribution >= 0.6 is 0 Å². The fourth-order valence-corrected chi connectivity index (χ4v) is 2.80. The first-order valence-electron chi connectivity index (χ1n) is 7.89. The maximum Gasteiger partial charge on any atom is 0.229 e. The smallest absolute Gasteiger partial charge is 0.229 e. The van der Waals surface area contributed by atoms with E-state index in [1.54, 1.807) is 24.1 Å². The molecule has 24 heavy (non-hydrogen) atoms. The summed E-state index contributed by atoms with van der Waals surface area (Å²) in [5.74, 6) is 0.150. The lowest BCUT2D eigenvalue weighted by molar-refractivity contribution is -0.122. The van der Waals surface area contributed by atoms with Gasteiger partial charge in [-0.15, -0.1) is 0 Å². The third-order valence-corrected chi connectivity index (χ3v) is 4.18. The standard InChI is InChI=1S/C19H20N2O3/c1-13-6-8-16(9-7-13)21-12-14(10-18(21)22)19(23)20-15-4-3-5-17(11-15)24-2/h3-9,11,14H,10,12H2,1-2H3,(H,20,23). The van der Waals surface area contributed by atoms with E-state index in [0.29, 0.717) is 18.0 Å². The Morgan fingerprint density at radius 1 is 1.21 bits per heavy atom. The molecule has 1 unspecified atom stereocenters. The number of aryl methyl sites for hydroxylation is 1. The Hall–Kier alpha value is -2.82. The molecule has 1 saturated heterocycles. The van der Waals surface area contributed by atoms with Gasteiger partial charge in [-0.3, -0.25) is 9.59 Å². The summed E-state index contributed by atoms with van der Waals surface area (Å²) in [6.45, 7) is 2.40. The molecular weight excluding hydrogens is 304 g/mol. The lowest BCUT2D eigenvalue weighted by Crippen LogP contribution is -2.28. The number of ether oxygens (including phenoxy) is 1. The molecule has 1 atom stereocenters. The maximum absolute atomic E-state index is 12.5. The topological polar surface area (TPSA) is 58.6 Å². The lowest BCUT2D eigenvalue weighted by atomic mass is 10.1. The van der Waals surface area contributed by atoms with Crippen LogP contribution in [0.5, 0.6) is 5.75 Å². The van der Waals surface area contributed by atoms with Gasteiger partial charge in [0.15, 0.2) is 0 Å². The van der Waals surface area contributed by atoms with Crippen LogP contribution in [-0.4, -0.2) is 25.5 Å². The van der Waals surface area contributed by atoms with E-state index in [2.05, 4.69) is 5.32 Å². The zero-order valence-corrected chi connectivity index (χ0v) is 13.8. The van der Waals surface area contributed by atoms with Crippen molar-refractivity contribution >= 4 is 23.2 Å². The Kier molecular flexibility index (Phi) is 4.51. The zero-order valence-electron chi connectivity index (χ0n) is 13.8. The van der Waals surface area contributed by atoms with Crippen molar-refractivity contribution in [3.63, 3.8) is 0 Å². The predicted octanol–water partition coefficient (Wildman–Crippen LogP) is 3.00. The molecule has 124 valence electrons. The van der Waals surface area contributed by atoms with E-state index in [4.69, 9.17) is 4.74 Å². The van der Waals surface area contributed by atoms with Gasteiger partial charge in [0.25, 0.3) is 0 Å². The molecule has 5 heteroatoms. The highest BCUT2D eigenvalue weighted by Crippen LogP contribution is 2.26. The molecule has 2 aromatic carbocycles. The predicted molar refractivity (Wildman–Crippen MR) is 93.3 cm³/mol. The van der Waals surface area contributed by atoms with Gasteiger partial charge in [0.1, 0.15) is 5.75 Å². The van der Waals surface area contributed by atoms with E-state index in [1.165, 1.54) is 0 Å². The molecule has 3 rings (SSSR count). The molecule has 1 aliphatic heterocycles. The molecule has 0 spiro atoms. The van der Waals surface area contributed by atoms with E-state index >= 15 is 0 Å². The first-order valence-corrected chi connectivity index (χ1v) is 7.89. The Morgan fingerprint density at radius 3 is 2.67 bits per heavy atom. The van der Waals surface area contributed by atoms with Crippen LogP contribution in [0.25, 0.3) is 0 Å². The summed E-state index contributed by atoms with van der Waals surface area (Å²) in [6.07, 6.45) is 0.226. The number of benzene rings is 2. The van der Waals surface area contributed by atoms with Crippen LogP contribution in [0.1, 0.15) is 12.0 Å². The zero-order chi connectivity index (χ0) is 17.1. The molecule has 1 fully saturated rings. The normalized spacial score (nSPS) is 17.0. The van der Waals surface area contributed by atoms with E-state index < -0.39 is 0 Å². The van der Waals surface area contributed by atoms with E-state index in [-0.39, 0.29) is 24.2 Å². The molecular formula is C19H20N2O3. The number of nitrogens with one attached hydrogen (secondary N) is 1. The maximum atomic E-state index is 12.5. The van der Waals surface area contributed by atoms with Crippen LogP contribution in [0.3, 0.4) is 0 Å². The molecule has 1 aliphatic rings. The minimum atomic E-state index is -0.356. The highest BCUT2D eigenvalue weighted by molar-refractivity contribution is 6.03. The minimum absolute atomic E-state index is 0.0235. The van der Waals surface area contributed by atoms with Crippen molar-refractivity contribution in [3.8, 4) is 5.75 Å². The first-order chi connectivity index (χ1) is 11.6. The second kappa shape index (κ2) is 6.74. The molecule has 5 nitrogen and oxygen atoms in total. The van der Waals surface area contributed by atoms with Crippen molar-refractivity contribution in [2.24, 2.45) is 5.92 Å². The first kappa shape index (κ1) is 16.1. The Morgan fingerprint density at radius 2 is 1.96 bits per heavy atom. The van der Waals surface area contributed by atoms with Crippen LogP contribution in [0.15, 0.2) is 48.5 Å². The summed E-state index contributed by atoms with van der Waals surface area (Å²) in [7, 11) is 1.58. The summed E-state index contributed by atoms with van der Waals surface area (Å²) in [5, 5.41) is 2.86. The minimum Gasteiger partial charge on any atom is -0.497 e. The number of hydrogen-bond acceptors (Lipinski definition) is 3. The molecule has 2 aromatic rings. The Labute approximate surface area is 141 Å². The van der Waals surface area contributed by atoms with Crippen molar-refractivity contribution in [2.75, 3.05) is 23.9 Å².